The van der Waals surface area contributed by atoms with E-state index in [1.54, 1.807) is 6.07 Å². The highest BCUT2D eigenvalue weighted by Crippen LogP contribution is 2.33. The molecule has 0 saturated carbocycles. The number of hydrogen-bond acceptors (Lipinski definition) is 6. The minimum atomic E-state index is -2.77. The minimum absolute atomic E-state index is 0.0267. The molecule has 1 aliphatic rings. The minimum Gasteiger partial charge on any atom is -0.492 e. The fourth-order valence-corrected chi connectivity index (χ4v) is 3.32. The smallest absolute Gasteiger partial charge is 0.339 e. The molecule has 3 heterocycles. The maximum absolute atomic E-state index is 13.7. The molecule has 0 atom stereocenters. The number of carboxylic acid groups (broad SMARTS) is 1. The molecular weight excluding hydrogens is 398 g/mol. The van der Waals surface area contributed by atoms with Gasteiger partial charge in [0.1, 0.15) is 17.9 Å². The number of carbonyl (C=O) groups is 1. The van der Waals surface area contributed by atoms with Gasteiger partial charge < -0.3 is 14.6 Å². The Morgan fingerprint density at radius 3 is 2.80 bits per heavy atom. The van der Waals surface area contributed by atoms with Crippen LogP contribution in [0.5, 0.6) is 5.75 Å². The number of benzene rings is 1. The standard InChI is InChI=1S/C20H20F2N4O4/c21-17(22)16-12-13(30-11-8-25-6-9-29-10-7-25)3-4-14(16)18-23-19-15(20(27)28)2-1-5-26(19)24-18/h1-5,12,17H,6-11H2,(H,27,28). The van der Waals surface area contributed by atoms with Crippen LogP contribution < -0.4 is 4.74 Å². The fraction of sp³-hybridized carbons (Fsp3) is 0.350. The van der Waals surface area contributed by atoms with Crippen molar-refractivity contribution in [3.63, 3.8) is 0 Å². The number of rotatable bonds is 7. The predicted octanol–water partition coefficient (Wildman–Crippen LogP) is 2.74. The molecule has 158 valence electrons. The zero-order chi connectivity index (χ0) is 21.1. The number of alkyl halides is 2. The number of fused-ring (bicyclic) bond motifs is 1. The molecule has 3 aromatic rings. The Kier molecular flexibility index (Phi) is 5.86. The first-order valence-electron chi connectivity index (χ1n) is 9.47. The van der Waals surface area contributed by atoms with Crippen LogP contribution >= 0.6 is 0 Å². The zero-order valence-corrected chi connectivity index (χ0v) is 16.0. The largest absolute Gasteiger partial charge is 0.492 e. The second-order valence-electron chi connectivity index (χ2n) is 6.78. The maximum atomic E-state index is 13.7. The summed E-state index contributed by atoms with van der Waals surface area (Å²) >= 11 is 0. The second-order valence-corrected chi connectivity index (χ2v) is 6.78. The van der Waals surface area contributed by atoms with Gasteiger partial charge in [-0.3, -0.25) is 4.90 Å². The van der Waals surface area contributed by atoms with Gasteiger partial charge in [-0.2, -0.15) is 0 Å². The summed E-state index contributed by atoms with van der Waals surface area (Å²) in [5.41, 5.74) is -0.110. The van der Waals surface area contributed by atoms with E-state index in [4.69, 9.17) is 9.47 Å². The number of morpholine rings is 1. The first-order valence-corrected chi connectivity index (χ1v) is 9.47. The summed E-state index contributed by atoms with van der Waals surface area (Å²) in [5, 5.41) is 13.5. The Labute approximate surface area is 170 Å². The van der Waals surface area contributed by atoms with Crippen molar-refractivity contribution in [2.24, 2.45) is 0 Å². The molecule has 0 amide bonds. The molecule has 1 saturated heterocycles. The molecule has 1 N–H and O–H groups in total. The van der Waals surface area contributed by atoms with Gasteiger partial charge in [-0.05, 0) is 30.3 Å². The molecule has 1 fully saturated rings. The summed E-state index contributed by atoms with van der Waals surface area (Å²) < 4.78 is 39.7. The van der Waals surface area contributed by atoms with Crippen LogP contribution in [0.4, 0.5) is 8.78 Å². The third kappa shape index (κ3) is 4.24. The van der Waals surface area contributed by atoms with E-state index in [2.05, 4.69) is 15.0 Å². The third-order valence-electron chi connectivity index (χ3n) is 4.87. The SMILES string of the molecule is O=C(O)c1cccn2nc(-c3ccc(OCCN4CCOCC4)cc3C(F)F)nc12. The molecule has 1 aliphatic heterocycles. The molecule has 0 bridgehead atoms. The number of hydrogen-bond donors (Lipinski definition) is 1. The fourth-order valence-electron chi connectivity index (χ4n) is 3.32. The highest BCUT2D eigenvalue weighted by Gasteiger charge is 2.21. The van der Waals surface area contributed by atoms with E-state index in [9.17, 15) is 18.7 Å². The van der Waals surface area contributed by atoms with Crippen molar-refractivity contribution in [2.75, 3.05) is 39.5 Å². The lowest BCUT2D eigenvalue weighted by Crippen LogP contribution is -2.38. The van der Waals surface area contributed by atoms with Gasteiger partial charge in [-0.25, -0.2) is 23.1 Å². The van der Waals surface area contributed by atoms with E-state index >= 15 is 0 Å². The highest BCUT2D eigenvalue weighted by atomic mass is 19.3. The van der Waals surface area contributed by atoms with Gasteiger partial charge in [0.05, 0.1) is 13.2 Å². The van der Waals surface area contributed by atoms with E-state index in [-0.39, 0.29) is 28.2 Å². The van der Waals surface area contributed by atoms with Gasteiger partial charge in [-0.1, -0.05) is 0 Å². The number of aromatic carboxylic acids is 1. The summed E-state index contributed by atoms with van der Waals surface area (Å²) in [4.78, 5) is 17.7. The van der Waals surface area contributed by atoms with Crippen LogP contribution in [0.25, 0.3) is 17.0 Å². The number of halogens is 2. The second kappa shape index (κ2) is 8.72. The Morgan fingerprint density at radius 2 is 2.07 bits per heavy atom. The maximum Gasteiger partial charge on any atom is 0.339 e. The molecule has 4 rings (SSSR count). The lowest BCUT2D eigenvalue weighted by molar-refractivity contribution is 0.0322. The van der Waals surface area contributed by atoms with Gasteiger partial charge in [0.25, 0.3) is 6.43 Å². The lowest BCUT2D eigenvalue weighted by atomic mass is 10.1. The van der Waals surface area contributed by atoms with Crippen LogP contribution in [0.15, 0.2) is 36.5 Å². The quantitative estimate of drug-likeness (QED) is 0.631. The Balaban J connectivity index is 1.57. The van der Waals surface area contributed by atoms with Gasteiger partial charge in [-0.15, -0.1) is 5.10 Å². The number of carboxylic acids is 1. The van der Waals surface area contributed by atoms with Crippen LogP contribution in [-0.4, -0.2) is 70.0 Å². The molecule has 0 aliphatic carbocycles. The first kappa shape index (κ1) is 20.2. The van der Waals surface area contributed by atoms with Crippen molar-refractivity contribution in [1.29, 1.82) is 0 Å². The van der Waals surface area contributed by atoms with E-state index in [1.165, 1.54) is 35.0 Å². The van der Waals surface area contributed by atoms with Crippen molar-refractivity contribution in [3.8, 4) is 17.1 Å². The molecule has 0 spiro atoms. The molecule has 2 aromatic heterocycles. The molecule has 0 radical (unpaired) electrons. The van der Waals surface area contributed by atoms with Crippen molar-refractivity contribution in [1.82, 2.24) is 19.5 Å². The average molecular weight is 418 g/mol. The summed E-state index contributed by atoms with van der Waals surface area (Å²) in [6, 6.07) is 7.23. The molecule has 1 aromatic carbocycles. The molecular formula is C20H20F2N4O4. The summed E-state index contributed by atoms with van der Waals surface area (Å²) in [6.07, 6.45) is -1.25. The normalized spacial score (nSPS) is 15.0. The monoisotopic (exact) mass is 418 g/mol. The summed E-state index contributed by atoms with van der Waals surface area (Å²) in [6.45, 7) is 4.06. The molecule has 0 unspecified atom stereocenters. The molecule has 30 heavy (non-hydrogen) atoms. The van der Waals surface area contributed by atoms with E-state index < -0.39 is 12.4 Å². The highest BCUT2D eigenvalue weighted by molar-refractivity contribution is 5.94. The Hall–Kier alpha value is -3.11. The van der Waals surface area contributed by atoms with Crippen LogP contribution in [0.3, 0.4) is 0 Å². The Morgan fingerprint density at radius 1 is 1.27 bits per heavy atom. The third-order valence-corrected chi connectivity index (χ3v) is 4.87. The number of pyridine rings is 1. The molecule has 10 heteroatoms. The number of nitrogens with zero attached hydrogens (tertiary/aromatic N) is 4. The number of ether oxygens (including phenoxy) is 2. The van der Waals surface area contributed by atoms with Crippen molar-refractivity contribution >= 4 is 11.6 Å². The van der Waals surface area contributed by atoms with Gasteiger partial charge in [0, 0.05) is 37.0 Å². The van der Waals surface area contributed by atoms with E-state index in [0.717, 1.165) is 13.1 Å². The summed E-state index contributed by atoms with van der Waals surface area (Å²) in [5.74, 6) is -0.811. The van der Waals surface area contributed by atoms with Crippen LogP contribution in [0, 0.1) is 0 Å². The number of aromatic nitrogens is 3. The lowest BCUT2D eigenvalue weighted by Gasteiger charge is -2.26. The first-order chi connectivity index (χ1) is 14.5. The molecule has 8 nitrogen and oxygen atoms in total. The predicted molar refractivity (Wildman–Crippen MR) is 103 cm³/mol. The van der Waals surface area contributed by atoms with E-state index in [1.807, 2.05) is 0 Å². The Bertz CT molecular complexity index is 1050. The van der Waals surface area contributed by atoms with Crippen LogP contribution in [0.1, 0.15) is 22.3 Å². The van der Waals surface area contributed by atoms with Gasteiger partial charge in [0.15, 0.2) is 11.5 Å². The van der Waals surface area contributed by atoms with Gasteiger partial charge in [0.2, 0.25) is 0 Å². The average Bonchev–Trinajstić information content (AvgIpc) is 3.18. The summed E-state index contributed by atoms with van der Waals surface area (Å²) in [7, 11) is 0. The van der Waals surface area contributed by atoms with Crippen molar-refractivity contribution in [2.45, 2.75) is 6.43 Å². The van der Waals surface area contributed by atoms with Crippen LogP contribution in [-0.2, 0) is 4.74 Å². The van der Waals surface area contributed by atoms with Crippen molar-refractivity contribution in [3.05, 3.63) is 47.7 Å². The topological polar surface area (TPSA) is 89.2 Å². The van der Waals surface area contributed by atoms with Crippen LogP contribution in [0.2, 0.25) is 0 Å². The van der Waals surface area contributed by atoms with Crippen molar-refractivity contribution < 1.29 is 28.2 Å². The van der Waals surface area contributed by atoms with E-state index in [0.29, 0.717) is 32.1 Å². The van der Waals surface area contributed by atoms with Gasteiger partial charge >= 0.3 is 5.97 Å². The zero-order valence-electron chi connectivity index (χ0n) is 16.0.